The molecule has 1 saturated heterocycles. The predicted octanol–water partition coefficient (Wildman–Crippen LogP) is 5.66. The van der Waals surface area contributed by atoms with Gasteiger partial charge in [0.05, 0.1) is 10.6 Å². The Labute approximate surface area is 161 Å². The molecule has 3 aromatic rings. The lowest BCUT2D eigenvalue weighted by molar-refractivity contribution is -0.113. The largest absolute Gasteiger partial charge is 0.457 e. The van der Waals surface area contributed by atoms with Crippen molar-refractivity contribution < 1.29 is 9.21 Å². The van der Waals surface area contributed by atoms with Crippen molar-refractivity contribution in [2.75, 3.05) is 4.90 Å². The van der Waals surface area contributed by atoms with E-state index < -0.39 is 0 Å². The molecule has 4 rings (SSSR count). The molecule has 0 bridgehead atoms. The van der Waals surface area contributed by atoms with Crippen molar-refractivity contribution in [1.82, 2.24) is 0 Å². The highest BCUT2D eigenvalue weighted by Gasteiger charge is 2.33. The van der Waals surface area contributed by atoms with Crippen LogP contribution in [0.2, 0.25) is 0 Å². The van der Waals surface area contributed by atoms with Gasteiger partial charge in [-0.25, -0.2) is 0 Å². The standard InChI is InChI=1S/C21H15NO2S2/c1-14-6-5-9-16(12-14)22-20(23)19(26-21(22)25)13-17-10-11-18(24-17)15-7-3-2-4-8-15/h2-13H,1H3. The molecule has 128 valence electrons. The summed E-state index contributed by atoms with van der Waals surface area (Å²) in [5, 5.41) is 0. The molecule has 5 heteroatoms. The van der Waals surface area contributed by atoms with Gasteiger partial charge in [-0.2, -0.15) is 0 Å². The molecule has 2 heterocycles. The molecular formula is C21H15NO2S2. The van der Waals surface area contributed by atoms with Crippen LogP contribution in [-0.2, 0) is 4.79 Å². The molecule has 26 heavy (non-hydrogen) atoms. The Hall–Kier alpha value is -2.63. The lowest BCUT2D eigenvalue weighted by Gasteiger charge is -2.14. The van der Waals surface area contributed by atoms with Crippen molar-refractivity contribution in [3.05, 3.63) is 83.0 Å². The molecule has 0 radical (unpaired) electrons. The van der Waals surface area contributed by atoms with Crippen molar-refractivity contribution in [2.45, 2.75) is 6.92 Å². The van der Waals surface area contributed by atoms with Gasteiger partial charge in [0.2, 0.25) is 0 Å². The first-order valence-electron chi connectivity index (χ1n) is 8.12. The lowest BCUT2D eigenvalue weighted by Crippen LogP contribution is -2.27. The van der Waals surface area contributed by atoms with Crippen LogP contribution in [0.1, 0.15) is 11.3 Å². The number of benzene rings is 2. The Morgan fingerprint density at radius 1 is 1.04 bits per heavy atom. The summed E-state index contributed by atoms with van der Waals surface area (Å²) in [6.07, 6.45) is 1.75. The van der Waals surface area contributed by atoms with Crippen LogP contribution >= 0.6 is 24.0 Å². The summed E-state index contributed by atoms with van der Waals surface area (Å²) in [6, 6.07) is 21.4. The number of thiocarbonyl (C=S) groups is 1. The van der Waals surface area contributed by atoms with Gasteiger partial charge in [0.15, 0.2) is 4.32 Å². The number of thioether (sulfide) groups is 1. The molecule has 1 aliphatic heterocycles. The van der Waals surface area contributed by atoms with Crippen LogP contribution in [0.5, 0.6) is 0 Å². The van der Waals surface area contributed by atoms with Crippen molar-refractivity contribution in [3.8, 4) is 11.3 Å². The molecule has 1 aliphatic rings. The predicted molar refractivity (Wildman–Crippen MR) is 111 cm³/mol. The molecule has 0 atom stereocenters. The maximum Gasteiger partial charge on any atom is 0.270 e. The van der Waals surface area contributed by atoms with Crippen LogP contribution in [0.25, 0.3) is 17.4 Å². The van der Waals surface area contributed by atoms with E-state index in [-0.39, 0.29) is 5.91 Å². The second kappa shape index (κ2) is 6.94. The number of amides is 1. The molecule has 0 aliphatic carbocycles. The number of nitrogens with zero attached hydrogens (tertiary/aromatic N) is 1. The average Bonchev–Trinajstić information content (AvgIpc) is 3.21. The van der Waals surface area contributed by atoms with E-state index in [9.17, 15) is 4.79 Å². The summed E-state index contributed by atoms with van der Waals surface area (Å²) in [4.78, 5) is 14.9. The fourth-order valence-corrected chi connectivity index (χ4v) is 4.05. The highest BCUT2D eigenvalue weighted by atomic mass is 32.2. The van der Waals surface area contributed by atoms with Crippen LogP contribution in [0.4, 0.5) is 5.69 Å². The number of aryl methyl sites for hydroxylation is 1. The third-order valence-corrected chi connectivity index (χ3v) is 5.31. The van der Waals surface area contributed by atoms with Gasteiger partial charge in [-0.1, -0.05) is 66.4 Å². The molecule has 3 nitrogen and oxygen atoms in total. The Balaban J connectivity index is 1.62. The zero-order valence-electron chi connectivity index (χ0n) is 14.0. The highest BCUT2D eigenvalue weighted by molar-refractivity contribution is 8.27. The second-order valence-electron chi connectivity index (χ2n) is 5.92. The first-order valence-corrected chi connectivity index (χ1v) is 9.34. The first kappa shape index (κ1) is 16.8. The van der Waals surface area contributed by atoms with Crippen LogP contribution in [0.3, 0.4) is 0 Å². The minimum absolute atomic E-state index is 0.122. The summed E-state index contributed by atoms with van der Waals surface area (Å²) in [5.74, 6) is 1.28. The summed E-state index contributed by atoms with van der Waals surface area (Å²) in [7, 11) is 0. The van der Waals surface area contributed by atoms with E-state index in [2.05, 4.69) is 0 Å². The summed E-state index contributed by atoms with van der Waals surface area (Å²) >= 11 is 6.71. The average molecular weight is 377 g/mol. The zero-order valence-corrected chi connectivity index (χ0v) is 15.6. The van der Waals surface area contributed by atoms with Gasteiger partial charge in [0.25, 0.3) is 5.91 Å². The third kappa shape index (κ3) is 3.23. The number of rotatable bonds is 3. The fraction of sp³-hybridized carbons (Fsp3) is 0.0476. The maximum atomic E-state index is 12.8. The summed E-state index contributed by atoms with van der Waals surface area (Å²) < 4.78 is 6.40. The van der Waals surface area contributed by atoms with Crippen molar-refractivity contribution >= 4 is 46.0 Å². The highest BCUT2D eigenvalue weighted by Crippen LogP contribution is 2.36. The van der Waals surface area contributed by atoms with Gasteiger partial charge >= 0.3 is 0 Å². The van der Waals surface area contributed by atoms with Crippen LogP contribution in [0, 0.1) is 6.92 Å². The maximum absolute atomic E-state index is 12.8. The third-order valence-electron chi connectivity index (χ3n) is 4.01. The number of carbonyl (C=O) groups excluding carboxylic acids is 1. The van der Waals surface area contributed by atoms with Crippen LogP contribution < -0.4 is 4.90 Å². The molecule has 1 aromatic heterocycles. The van der Waals surface area contributed by atoms with E-state index in [1.54, 1.807) is 11.0 Å². The number of furan rings is 1. The van der Waals surface area contributed by atoms with E-state index in [4.69, 9.17) is 16.6 Å². The molecule has 0 spiro atoms. The lowest BCUT2D eigenvalue weighted by atomic mass is 10.2. The number of anilines is 1. The number of carbonyl (C=O) groups is 1. The van der Waals surface area contributed by atoms with Gasteiger partial charge in [0, 0.05) is 11.6 Å². The normalized spacial score (nSPS) is 15.9. The van der Waals surface area contributed by atoms with E-state index in [1.165, 1.54) is 11.8 Å². The van der Waals surface area contributed by atoms with Crippen LogP contribution in [0.15, 0.2) is 76.1 Å². The Kier molecular flexibility index (Phi) is 4.49. The number of hydrogen-bond donors (Lipinski definition) is 0. The molecule has 1 amide bonds. The molecule has 0 saturated carbocycles. The van der Waals surface area contributed by atoms with Gasteiger partial charge in [-0.15, -0.1) is 0 Å². The SMILES string of the molecule is Cc1cccc(N2C(=O)C(=Cc3ccc(-c4ccccc4)o3)SC2=S)c1. The van der Waals surface area contributed by atoms with Gasteiger partial charge < -0.3 is 4.42 Å². The summed E-state index contributed by atoms with van der Waals surface area (Å²) in [5.41, 5.74) is 2.87. The molecule has 0 unspecified atom stereocenters. The van der Waals surface area contributed by atoms with Crippen molar-refractivity contribution in [1.29, 1.82) is 0 Å². The fourth-order valence-electron chi connectivity index (χ4n) is 2.77. The molecule has 0 N–H and O–H groups in total. The monoisotopic (exact) mass is 377 g/mol. The number of hydrogen-bond acceptors (Lipinski definition) is 4. The zero-order chi connectivity index (χ0) is 18.1. The molecular weight excluding hydrogens is 362 g/mol. The van der Waals surface area contributed by atoms with Gasteiger partial charge in [-0.05, 0) is 36.8 Å². The van der Waals surface area contributed by atoms with Crippen LogP contribution in [-0.4, -0.2) is 10.2 Å². The smallest absolute Gasteiger partial charge is 0.270 e. The van der Waals surface area contributed by atoms with Crippen molar-refractivity contribution in [2.24, 2.45) is 0 Å². The Morgan fingerprint density at radius 3 is 2.62 bits per heavy atom. The topological polar surface area (TPSA) is 33.5 Å². The molecule has 1 fully saturated rings. The van der Waals surface area contributed by atoms with E-state index in [0.717, 1.165) is 22.6 Å². The van der Waals surface area contributed by atoms with Gasteiger partial charge in [0.1, 0.15) is 11.5 Å². The minimum Gasteiger partial charge on any atom is -0.457 e. The Morgan fingerprint density at radius 2 is 1.85 bits per heavy atom. The van der Waals surface area contributed by atoms with E-state index >= 15 is 0 Å². The molecule has 2 aromatic carbocycles. The van der Waals surface area contributed by atoms with E-state index in [1.807, 2.05) is 73.7 Å². The minimum atomic E-state index is -0.122. The quantitative estimate of drug-likeness (QED) is 0.435. The Bertz CT molecular complexity index is 1020. The second-order valence-corrected chi connectivity index (χ2v) is 7.60. The summed E-state index contributed by atoms with van der Waals surface area (Å²) in [6.45, 7) is 1.99. The van der Waals surface area contributed by atoms with E-state index in [0.29, 0.717) is 15.0 Å². The first-order chi connectivity index (χ1) is 12.6. The van der Waals surface area contributed by atoms with Crippen molar-refractivity contribution in [3.63, 3.8) is 0 Å². The van der Waals surface area contributed by atoms with Gasteiger partial charge in [-0.3, -0.25) is 9.69 Å².